The van der Waals surface area contributed by atoms with Crippen LogP contribution in [0.2, 0.25) is 0 Å². The summed E-state index contributed by atoms with van der Waals surface area (Å²) < 4.78 is 53.4. The summed E-state index contributed by atoms with van der Waals surface area (Å²) in [7, 11) is 6.09. The third-order valence-electron chi connectivity index (χ3n) is 8.34. The molecule has 0 aliphatic heterocycles. The van der Waals surface area contributed by atoms with E-state index in [0.29, 0.717) is 0 Å². The second kappa shape index (κ2) is 16.8. The van der Waals surface area contributed by atoms with Gasteiger partial charge in [-0.25, -0.2) is 13.7 Å². The highest BCUT2D eigenvalue weighted by Gasteiger charge is 2.13. The lowest BCUT2D eigenvalue weighted by atomic mass is 9.97. The zero-order valence-corrected chi connectivity index (χ0v) is 30.0. The van der Waals surface area contributed by atoms with Crippen LogP contribution in [0.1, 0.15) is 55.4 Å². The predicted molar refractivity (Wildman–Crippen MR) is 201 cm³/mol. The number of hydrogen-bond acceptors (Lipinski definition) is 0. The molecule has 1 atom stereocenters. The lowest BCUT2D eigenvalue weighted by molar-refractivity contribution is -0.660. The third-order valence-corrected chi connectivity index (χ3v) is 8.34. The van der Waals surface area contributed by atoms with Crippen molar-refractivity contribution in [3.63, 3.8) is 0 Å². The molecule has 6 rings (SSSR count). The maximum atomic E-state index is 8.25. The highest BCUT2D eigenvalue weighted by Crippen LogP contribution is 2.23. The molecule has 3 heteroatoms. The van der Waals surface area contributed by atoms with E-state index < -0.39 is 19.1 Å². The van der Waals surface area contributed by atoms with Crippen LogP contribution in [0.15, 0.2) is 128 Å². The van der Waals surface area contributed by atoms with Crippen molar-refractivity contribution in [2.24, 2.45) is 27.0 Å². The van der Waals surface area contributed by atoms with Crippen molar-refractivity contribution in [2.45, 2.75) is 54.8 Å². The van der Waals surface area contributed by atoms with Gasteiger partial charge in [0.05, 0.1) is 0 Å². The molecule has 0 amide bonds. The maximum absolute atomic E-state index is 8.25. The summed E-state index contributed by atoms with van der Waals surface area (Å²) in [5.41, 5.74) is 13.4. The van der Waals surface area contributed by atoms with Gasteiger partial charge in [0, 0.05) is 61.3 Å². The minimum atomic E-state index is -2.73. The summed E-state index contributed by atoms with van der Waals surface area (Å²) in [4.78, 5) is 0. The summed E-state index contributed by atoms with van der Waals surface area (Å²) in [5.74, 6) is -2.24. The minimum absolute atomic E-state index is 0.205. The summed E-state index contributed by atoms with van der Waals surface area (Å²) >= 11 is 0. The average molecular weight is 643 g/mol. The molecule has 3 heterocycles. The SMILES string of the molecule is Cc1ccc(C)c(-c2cccc[n+]2C)c1.Cc1ccc(C)c(-c2cccc[n+]2C)c1.[2H]C([2H])([2H])C([2H])(C)C([2H])([2H])c1ccc(-c2cccc[n+]2C)c(C)c1. The molecule has 0 bridgehead atoms. The first-order valence-electron chi connectivity index (χ1n) is 19.4. The van der Waals surface area contributed by atoms with Crippen LogP contribution in [0.25, 0.3) is 33.8 Å². The average Bonchev–Trinajstić information content (AvgIpc) is 3.11. The Kier molecular flexibility index (Phi) is 9.85. The lowest BCUT2D eigenvalue weighted by Crippen LogP contribution is -2.30. The standard InChI is InChI=1S/C17H22N.2C14H16N/c1-13(2)11-15-8-9-16(14(3)12-15)17-7-5-6-10-18(17)4;2*1-11-7-8-12(2)13(10-11)14-6-4-5-9-15(14)3/h5-10,12-13H,11H2,1-4H3;2*4-10H,1-3H3/q3*+1/i1D3,11D2,13D;;. The largest absolute Gasteiger partial charge is 0.212 e. The highest BCUT2D eigenvalue weighted by atomic mass is 14.9. The number of aromatic nitrogens is 3. The van der Waals surface area contributed by atoms with Gasteiger partial charge in [-0.15, -0.1) is 0 Å². The molecule has 0 saturated carbocycles. The van der Waals surface area contributed by atoms with E-state index in [1.807, 2.05) is 42.9 Å². The van der Waals surface area contributed by atoms with Crippen molar-refractivity contribution in [3.8, 4) is 33.8 Å². The summed E-state index contributed by atoms with van der Waals surface area (Å²) in [5, 5.41) is 0. The Morgan fingerprint density at radius 3 is 1.38 bits per heavy atom. The van der Waals surface area contributed by atoms with Crippen LogP contribution >= 0.6 is 0 Å². The number of pyridine rings is 3. The number of hydrogen-bond donors (Lipinski definition) is 0. The molecule has 246 valence electrons. The van der Waals surface area contributed by atoms with Crippen molar-refractivity contribution in [1.29, 1.82) is 0 Å². The Bertz CT molecular complexity index is 2130. The van der Waals surface area contributed by atoms with E-state index >= 15 is 0 Å². The lowest BCUT2D eigenvalue weighted by Gasteiger charge is -2.09. The van der Waals surface area contributed by atoms with Crippen LogP contribution in [-0.2, 0) is 27.5 Å². The minimum Gasteiger partial charge on any atom is -0.201 e. The number of nitrogens with zero attached hydrogens (tertiary/aromatic N) is 3. The predicted octanol–water partition coefficient (Wildman–Crippen LogP) is 9.27. The van der Waals surface area contributed by atoms with Crippen LogP contribution in [-0.4, -0.2) is 0 Å². The first kappa shape index (κ1) is 28.2. The van der Waals surface area contributed by atoms with Gasteiger partial charge < -0.3 is 0 Å². The molecule has 48 heavy (non-hydrogen) atoms. The first-order valence-corrected chi connectivity index (χ1v) is 16.4. The summed E-state index contributed by atoms with van der Waals surface area (Å²) in [6.45, 7) is 8.83. The van der Waals surface area contributed by atoms with Gasteiger partial charge in [0.2, 0.25) is 17.1 Å². The van der Waals surface area contributed by atoms with Crippen LogP contribution in [0, 0.1) is 40.5 Å². The normalized spacial score (nSPS) is 14.2. The van der Waals surface area contributed by atoms with Gasteiger partial charge in [-0.2, -0.15) is 0 Å². The van der Waals surface area contributed by atoms with Crippen molar-refractivity contribution >= 4 is 0 Å². The molecule has 3 nitrogen and oxygen atoms in total. The molecule has 0 spiro atoms. The summed E-state index contributed by atoms with van der Waals surface area (Å²) in [6, 6.07) is 36.5. The Balaban J connectivity index is 0.000000189. The molecular weight excluding hydrogens is 583 g/mol. The van der Waals surface area contributed by atoms with Crippen LogP contribution in [0.3, 0.4) is 0 Å². The van der Waals surface area contributed by atoms with Crippen LogP contribution in [0.5, 0.6) is 0 Å². The fourth-order valence-corrected chi connectivity index (χ4v) is 5.68. The van der Waals surface area contributed by atoms with E-state index in [0.717, 1.165) is 23.7 Å². The molecule has 0 radical (unpaired) electrons. The van der Waals surface area contributed by atoms with Gasteiger partial charge in [0.15, 0.2) is 18.6 Å². The highest BCUT2D eigenvalue weighted by molar-refractivity contribution is 5.63. The van der Waals surface area contributed by atoms with Gasteiger partial charge in [-0.3, -0.25) is 0 Å². The fourth-order valence-electron chi connectivity index (χ4n) is 5.68. The van der Waals surface area contributed by atoms with E-state index in [2.05, 4.69) is 136 Å². The van der Waals surface area contributed by atoms with Gasteiger partial charge in [0.1, 0.15) is 21.1 Å². The van der Waals surface area contributed by atoms with Gasteiger partial charge in [-0.1, -0.05) is 61.3 Å². The topological polar surface area (TPSA) is 11.6 Å². The number of rotatable bonds is 5. The molecule has 0 saturated heterocycles. The molecular formula is C45H54N3+3. The second-order valence-corrected chi connectivity index (χ2v) is 12.5. The molecule has 0 aliphatic carbocycles. The van der Waals surface area contributed by atoms with Crippen LogP contribution < -0.4 is 13.7 Å². The van der Waals surface area contributed by atoms with Gasteiger partial charge in [0.25, 0.3) is 0 Å². The van der Waals surface area contributed by atoms with Crippen molar-refractivity contribution in [3.05, 3.63) is 161 Å². The molecule has 6 aromatic rings. The molecule has 0 N–H and O–H groups in total. The third kappa shape index (κ3) is 9.58. The maximum Gasteiger partial charge on any atom is 0.212 e. The van der Waals surface area contributed by atoms with E-state index in [1.54, 1.807) is 18.2 Å². The number of aryl methyl sites for hydroxylation is 8. The van der Waals surface area contributed by atoms with Gasteiger partial charge in [-0.05, 0) is 106 Å². The molecule has 3 aromatic carbocycles. The second-order valence-electron chi connectivity index (χ2n) is 12.5. The van der Waals surface area contributed by atoms with E-state index in [4.69, 9.17) is 8.22 Å². The molecule has 1 unspecified atom stereocenters. The zero-order valence-electron chi connectivity index (χ0n) is 36.0. The van der Waals surface area contributed by atoms with Crippen molar-refractivity contribution in [1.82, 2.24) is 0 Å². The Hall–Kier alpha value is -4.89. The van der Waals surface area contributed by atoms with Gasteiger partial charge >= 0.3 is 0 Å². The quantitative estimate of drug-likeness (QED) is 0.166. The van der Waals surface area contributed by atoms with Crippen molar-refractivity contribution in [2.75, 3.05) is 0 Å². The van der Waals surface area contributed by atoms with Crippen molar-refractivity contribution < 1.29 is 21.9 Å². The van der Waals surface area contributed by atoms with Crippen LogP contribution in [0.4, 0.5) is 0 Å². The number of benzene rings is 3. The zero-order chi connectivity index (χ0) is 40.0. The molecule has 0 aliphatic rings. The Labute approximate surface area is 298 Å². The van der Waals surface area contributed by atoms with E-state index in [-0.39, 0.29) is 5.56 Å². The first-order chi connectivity index (χ1) is 25.3. The summed E-state index contributed by atoms with van der Waals surface area (Å²) in [6.07, 6.45) is 3.78. The Morgan fingerprint density at radius 2 is 0.979 bits per heavy atom. The fraction of sp³-hybridized carbons (Fsp3) is 0.267. The van der Waals surface area contributed by atoms with E-state index in [1.165, 1.54) is 44.8 Å². The smallest absolute Gasteiger partial charge is 0.201 e. The molecule has 3 aromatic heterocycles. The monoisotopic (exact) mass is 642 g/mol. The van der Waals surface area contributed by atoms with E-state index in [9.17, 15) is 0 Å². The Morgan fingerprint density at radius 1 is 0.542 bits per heavy atom. The molecule has 0 fully saturated rings.